The predicted octanol–water partition coefficient (Wildman–Crippen LogP) is 3.75. The Balaban J connectivity index is 1.55. The molecule has 0 unspecified atom stereocenters. The van der Waals surface area contributed by atoms with Crippen molar-refractivity contribution in [2.45, 2.75) is 25.7 Å². The molecule has 6 nitrogen and oxygen atoms in total. The lowest BCUT2D eigenvalue weighted by atomic mass is 9.78. The van der Waals surface area contributed by atoms with Gasteiger partial charge in [-0.3, -0.25) is 14.6 Å². The number of piperidine rings is 1. The van der Waals surface area contributed by atoms with Crippen LogP contribution in [0.15, 0.2) is 40.7 Å². The molecule has 2 aromatic rings. The minimum atomic E-state index is -0.779. The maximum absolute atomic E-state index is 12.9. The first-order valence-electron chi connectivity index (χ1n) is 10.3. The summed E-state index contributed by atoms with van der Waals surface area (Å²) < 4.78 is 5.35. The number of likely N-dealkylation sites (tertiary alicyclic amines) is 1. The third kappa shape index (κ3) is 4.41. The topological polar surface area (TPSA) is 79.2 Å². The molecular formula is C23H26N2O4S. The van der Waals surface area contributed by atoms with E-state index in [0.717, 1.165) is 34.9 Å². The van der Waals surface area contributed by atoms with Gasteiger partial charge in [0.2, 0.25) is 0 Å². The summed E-state index contributed by atoms with van der Waals surface area (Å²) in [6.45, 7) is 1.90. The Labute approximate surface area is 180 Å². The first kappa shape index (κ1) is 20.6. The van der Waals surface area contributed by atoms with Crippen LogP contribution >= 0.6 is 11.3 Å². The van der Waals surface area contributed by atoms with Gasteiger partial charge in [0, 0.05) is 31.8 Å². The third-order valence-corrected chi connectivity index (χ3v) is 6.97. The van der Waals surface area contributed by atoms with Gasteiger partial charge in [0.05, 0.1) is 12.0 Å². The van der Waals surface area contributed by atoms with Crippen LogP contribution < -0.4 is 4.74 Å². The molecule has 1 fully saturated rings. The third-order valence-electron chi connectivity index (χ3n) is 6.11. The second-order valence-corrected chi connectivity index (χ2v) is 8.89. The number of carbonyl (C=O) groups is 2. The largest absolute Gasteiger partial charge is 0.497 e. The van der Waals surface area contributed by atoms with Crippen molar-refractivity contribution >= 4 is 28.9 Å². The minimum absolute atomic E-state index is 0.0412. The monoisotopic (exact) mass is 426 g/mol. The molecule has 2 aliphatic heterocycles. The standard InChI is InChI=1S/C23H26N2O4S/c1-29-18-4-5-19-16(11-18)6-8-24-20(19)12-17-14-25(9-7-15(17)13-22(26)27)23(28)21-3-2-10-30-21/h2-5,10-11,15,17H,6-9,12-14H2,1H3,(H,26,27)/t15-,17-/m0/s1. The normalized spacial score (nSPS) is 21.0. The van der Waals surface area contributed by atoms with Crippen molar-refractivity contribution in [3.05, 3.63) is 51.7 Å². The summed E-state index contributed by atoms with van der Waals surface area (Å²) in [6, 6.07) is 9.79. The molecule has 0 spiro atoms. The van der Waals surface area contributed by atoms with Crippen LogP contribution in [0, 0.1) is 11.8 Å². The highest BCUT2D eigenvalue weighted by Gasteiger charge is 2.34. The Bertz CT molecular complexity index is 954. The van der Waals surface area contributed by atoms with Crippen LogP contribution in [-0.4, -0.2) is 54.3 Å². The molecule has 30 heavy (non-hydrogen) atoms. The quantitative estimate of drug-likeness (QED) is 0.763. The number of nitrogens with zero attached hydrogens (tertiary/aromatic N) is 2. The average molecular weight is 427 g/mol. The number of aliphatic carboxylic acids is 1. The lowest BCUT2D eigenvalue weighted by Crippen LogP contribution is -2.45. The van der Waals surface area contributed by atoms with Gasteiger partial charge in [-0.15, -0.1) is 11.3 Å². The van der Waals surface area contributed by atoms with E-state index in [2.05, 4.69) is 12.1 Å². The molecule has 0 saturated carbocycles. The van der Waals surface area contributed by atoms with Gasteiger partial charge in [-0.05, 0) is 71.9 Å². The fourth-order valence-corrected chi connectivity index (χ4v) is 5.24. The molecule has 0 radical (unpaired) electrons. The molecule has 1 saturated heterocycles. The zero-order chi connectivity index (χ0) is 21.1. The van der Waals surface area contributed by atoms with Gasteiger partial charge in [0.25, 0.3) is 5.91 Å². The van der Waals surface area contributed by atoms with Crippen molar-refractivity contribution in [3.63, 3.8) is 0 Å². The van der Waals surface area contributed by atoms with E-state index in [1.807, 2.05) is 28.5 Å². The number of carboxylic acids is 1. The second kappa shape index (κ2) is 9.00. The lowest BCUT2D eigenvalue weighted by Gasteiger charge is -2.38. The number of hydrogen-bond acceptors (Lipinski definition) is 5. The fraction of sp³-hybridized carbons (Fsp3) is 0.435. The van der Waals surface area contributed by atoms with Crippen molar-refractivity contribution in [3.8, 4) is 5.75 Å². The van der Waals surface area contributed by atoms with Gasteiger partial charge in [-0.25, -0.2) is 0 Å². The molecule has 3 heterocycles. The zero-order valence-corrected chi connectivity index (χ0v) is 17.9. The summed E-state index contributed by atoms with van der Waals surface area (Å²) in [5.41, 5.74) is 3.36. The Hall–Kier alpha value is -2.67. The average Bonchev–Trinajstić information content (AvgIpc) is 3.29. The Morgan fingerprint density at radius 2 is 2.17 bits per heavy atom. The van der Waals surface area contributed by atoms with Crippen LogP contribution in [0.4, 0.5) is 0 Å². The number of amides is 1. The van der Waals surface area contributed by atoms with Gasteiger partial charge in [0.1, 0.15) is 5.75 Å². The fourth-order valence-electron chi connectivity index (χ4n) is 4.55. The number of methoxy groups -OCH3 is 1. The zero-order valence-electron chi connectivity index (χ0n) is 17.0. The van der Waals surface area contributed by atoms with E-state index in [4.69, 9.17) is 9.73 Å². The van der Waals surface area contributed by atoms with Crippen molar-refractivity contribution in [1.82, 2.24) is 4.90 Å². The van der Waals surface area contributed by atoms with Gasteiger partial charge >= 0.3 is 5.97 Å². The molecule has 1 N–H and O–H groups in total. The van der Waals surface area contributed by atoms with Crippen LogP contribution in [-0.2, 0) is 11.2 Å². The molecule has 1 aromatic heterocycles. The van der Waals surface area contributed by atoms with Gasteiger partial charge in [-0.1, -0.05) is 6.07 Å². The summed E-state index contributed by atoms with van der Waals surface area (Å²) in [4.78, 5) is 31.7. The van der Waals surface area contributed by atoms with Gasteiger partial charge < -0.3 is 14.7 Å². The summed E-state index contributed by atoms with van der Waals surface area (Å²) in [5.74, 6) is 0.217. The Morgan fingerprint density at radius 3 is 2.90 bits per heavy atom. The number of carboxylic acid groups (broad SMARTS) is 1. The molecule has 2 atom stereocenters. The Morgan fingerprint density at radius 1 is 1.30 bits per heavy atom. The summed E-state index contributed by atoms with van der Waals surface area (Å²) in [5, 5.41) is 11.3. The van der Waals surface area contributed by atoms with Crippen molar-refractivity contribution in [2.75, 3.05) is 26.7 Å². The van der Waals surface area contributed by atoms with E-state index in [1.54, 1.807) is 7.11 Å². The number of fused-ring (bicyclic) bond motifs is 1. The molecule has 0 aliphatic carbocycles. The first-order valence-corrected chi connectivity index (χ1v) is 11.2. The van der Waals surface area contributed by atoms with Crippen LogP contribution in [0.5, 0.6) is 5.75 Å². The van der Waals surface area contributed by atoms with Crippen LogP contribution in [0.2, 0.25) is 0 Å². The molecular weight excluding hydrogens is 400 g/mol. The maximum atomic E-state index is 12.9. The first-order chi connectivity index (χ1) is 14.5. The van der Waals surface area contributed by atoms with Gasteiger partial charge in [-0.2, -0.15) is 0 Å². The SMILES string of the molecule is COc1ccc2c(c1)CCN=C2C[C@H]1CN(C(=O)c2cccs2)CC[C@H]1CC(=O)O. The summed E-state index contributed by atoms with van der Waals surface area (Å²) in [7, 11) is 1.66. The smallest absolute Gasteiger partial charge is 0.303 e. The van der Waals surface area contributed by atoms with Crippen LogP contribution in [0.25, 0.3) is 0 Å². The minimum Gasteiger partial charge on any atom is -0.497 e. The van der Waals surface area contributed by atoms with E-state index in [1.165, 1.54) is 16.9 Å². The number of carbonyl (C=O) groups excluding carboxylic acids is 1. The van der Waals surface area contributed by atoms with Crippen LogP contribution in [0.3, 0.4) is 0 Å². The highest BCUT2D eigenvalue weighted by molar-refractivity contribution is 7.12. The lowest BCUT2D eigenvalue weighted by molar-refractivity contribution is -0.138. The molecule has 4 rings (SSSR count). The number of benzene rings is 1. The number of hydrogen-bond donors (Lipinski definition) is 1. The van der Waals surface area contributed by atoms with Crippen LogP contribution in [0.1, 0.15) is 40.1 Å². The molecule has 1 aromatic carbocycles. The van der Waals surface area contributed by atoms with Gasteiger partial charge in [0.15, 0.2) is 0 Å². The van der Waals surface area contributed by atoms with Crippen molar-refractivity contribution < 1.29 is 19.4 Å². The van der Waals surface area contributed by atoms with E-state index < -0.39 is 5.97 Å². The molecule has 158 valence electrons. The molecule has 0 bridgehead atoms. The number of rotatable bonds is 6. The molecule has 1 amide bonds. The molecule has 7 heteroatoms. The van der Waals surface area contributed by atoms with E-state index in [-0.39, 0.29) is 24.2 Å². The molecule has 2 aliphatic rings. The number of ether oxygens (including phenoxy) is 1. The van der Waals surface area contributed by atoms with Crippen molar-refractivity contribution in [1.29, 1.82) is 0 Å². The van der Waals surface area contributed by atoms with E-state index in [9.17, 15) is 14.7 Å². The summed E-state index contributed by atoms with van der Waals surface area (Å²) >= 11 is 1.45. The number of aliphatic imine (C=N–C) groups is 1. The number of thiophene rings is 1. The highest BCUT2D eigenvalue weighted by Crippen LogP contribution is 2.33. The van der Waals surface area contributed by atoms with E-state index >= 15 is 0 Å². The maximum Gasteiger partial charge on any atom is 0.303 e. The Kier molecular flexibility index (Phi) is 6.18. The predicted molar refractivity (Wildman–Crippen MR) is 117 cm³/mol. The highest BCUT2D eigenvalue weighted by atomic mass is 32.1. The van der Waals surface area contributed by atoms with Crippen molar-refractivity contribution in [2.24, 2.45) is 16.8 Å². The van der Waals surface area contributed by atoms with E-state index in [0.29, 0.717) is 25.9 Å². The second-order valence-electron chi connectivity index (χ2n) is 7.94. The summed E-state index contributed by atoms with van der Waals surface area (Å²) in [6.07, 6.45) is 2.40.